The Morgan fingerprint density at radius 2 is 1.92 bits per heavy atom. The molecule has 3 rings (SSSR count). The van der Waals surface area contributed by atoms with Gasteiger partial charge in [0.15, 0.2) is 5.65 Å². The van der Waals surface area contributed by atoms with E-state index < -0.39 is 0 Å². The van der Waals surface area contributed by atoms with Crippen LogP contribution in [0.15, 0.2) is 41.4 Å². The van der Waals surface area contributed by atoms with E-state index in [1.165, 1.54) is 11.8 Å². The maximum Gasteiger partial charge on any atom is 0.164 e. The van der Waals surface area contributed by atoms with Gasteiger partial charge in [-0.2, -0.15) is 10.4 Å². The Hall–Kier alpha value is -2.32. The molecule has 2 aromatic heterocycles. The van der Waals surface area contributed by atoms with Crippen molar-refractivity contribution in [1.29, 1.82) is 5.26 Å². The van der Waals surface area contributed by atoms with E-state index in [1.54, 1.807) is 0 Å². The molecule has 0 aliphatic carbocycles. The van der Waals surface area contributed by atoms with Gasteiger partial charge in [-0.25, -0.2) is 9.50 Å². The molecule has 0 saturated carbocycles. The highest BCUT2D eigenvalue weighted by atomic mass is 32.2. The van der Waals surface area contributed by atoms with Crippen LogP contribution in [0.4, 0.5) is 0 Å². The summed E-state index contributed by atoms with van der Waals surface area (Å²) in [5.41, 5.74) is 4.90. The van der Waals surface area contributed by atoms with Crippen molar-refractivity contribution in [3.63, 3.8) is 0 Å². The van der Waals surface area contributed by atoms with Gasteiger partial charge < -0.3 is 0 Å². The van der Waals surface area contributed by atoms with E-state index in [2.05, 4.69) is 50.1 Å². The van der Waals surface area contributed by atoms with E-state index >= 15 is 0 Å². The molecule has 3 aromatic rings. The fraction of sp³-hybridized carbons (Fsp3) is 0.316. The lowest BCUT2D eigenvalue weighted by Crippen LogP contribution is -2.15. The van der Waals surface area contributed by atoms with Gasteiger partial charge in [-0.15, -0.1) is 0 Å². The van der Waals surface area contributed by atoms with Gasteiger partial charge in [0.05, 0.1) is 23.2 Å². The second kappa shape index (κ2) is 6.29. The Kier molecular flexibility index (Phi) is 4.33. The lowest BCUT2D eigenvalue weighted by atomic mass is 9.92. The molecule has 0 radical (unpaired) electrons. The van der Waals surface area contributed by atoms with Crippen LogP contribution in [0, 0.1) is 18.3 Å². The van der Waals surface area contributed by atoms with Gasteiger partial charge in [0, 0.05) is 11.0 Å². The van der Waals surface area contributed by atoms with Crippen molar-refractivity contribution >= 4 is 17.4 Å². The van der Waals surface area contributed by atoms with Crippen LogP contribution in [-0.4, -0.2) is 20.4 Å². The summed E-state index contributed by atoms with van der Waals surface area (Å²) in [4.78, 5) is 4.92. The first-order valence-corrected chi connectivity index (χ1v) is 8.86. The lowest BCUT2D eigenvalue weighted by molar-refractivity contribution is 0.563. The summed E-state index contributed by atoms with van der Waals surface area (Å²) < 4.78 is 1.87. The maximum atomic E-state index is 8.95. The molecule has 0 spiro atoms. The molecule has 1 aromatic carbocycles. The first kappa shape index (κ1) is 16.5. The van der Waals surface area contributed by atoms with E-state index in [-0.39, 0.29) is 5.41 Å². The van der Waals surface area contributed by atoms with Crippen molar-refractivity contribution in [2.45, 2.75) is 38.1 Å². The predicted molar refractivity (Wildman–Crippen MR) is 98.2 cm³/mol. The Morgan fingerprint density at radius 3 is 2.54 bits per heavy atom. The van der Waals surface area contributed by atoms with Crippen LogP contribution in [0.3, 0.4) is 0 Å². The van der Waals surface area contributed by atoms with Crippen molar-refractivity contribution < 1.29 is 0 Å². The van der Waals surface area contributed by atoms with E-state index in [0.717, 1.165) is 33.2 Å². The second-order valence-corrected chi connectivity index (χ2v) is 7.73. The van der Waals surface area contributed by atoms with Gasteiger partial charge in [0.2, 0.25) is 0 Å². The predicted octanol–water partition coefficient (Wildman–Crippen LogP) is 4.62. The number of thioether (sulfide) groups is 1. The third-order valence-corrected chi connectivity index (χ3v) is 4.71. The number of hydrogen-bond acceptors (Lipinski definition) is 4. The minimum Gasteiger partial charge on any atom is -0.232 e. The number of hydrogen-bond donors (Lipinski definition) is 0. The standard InChI is InChI=1S/C19H20N4S/c1-13-17(14-8-6-5-7-9-14)18-21-15(19(2,3)4)12-16(23(18)22-13)24-11-10-20/h5-9,12H,11H2,1-4H3. The zero-order chi connectivity index (χ0) is 17.3. The Labute approximate surface area is 146 Å². The number of benzene rings is 1. The highest BCUT2D eigenvalue weighted by Crippen LogP contribution is 2.32. The number of nitrogens with zero attached hydrogens (tertiary/aromatic N) is 4. The van der Waals surface area contributed by atoms with Crippen molar-refractivity contribution in [1.82, 2.24) is 14.6 Å². The van der Waals surface area contributed by atoms with Crippen LogP contribution >= 0.6 is 11.8 Å². The average Bonchev–Trinajstić information content (AvgIpc) is 2.88. The van der Waals surface area contributed by atoms with Crippen LogP contribution < -0.4 is 0 Å². The first-order valence-electron chi connectivity index (χ1n) is 7.88. The van der Waals surface area contributed by atoms with E-state index in [4.69, 9.17) is 10.2 Å². The van der Waals surface area contributed by atoms with Gasteiger partial charge in [0.25, 0.3) is 0 Å². The third kappa shape index (κ3) is 3.02. The lowest BCUT2D eigenvalue weighted by Gasteiger charge is -2.19. The van der Waals surface area contributed by atoms with Gasteiger partial charge in [-0.05, 0) is 18.6 Å². The molecule has 0 atom stereocenters. The molecule has 0 N–H and O–H groups in total. The zero-order valence-corrected chi connectivity index (χ0v) is 15.2. The SMILES string of the molecule is Cc1nn2c(SCC#N)cc(C(C)(C)C)nc2c1-c1ccccc1. The van der Waals surface area contributed by atoms with Crippen LogP contribution in [-0.2, 0) is 5.41 Å². The van der Waals surface area contributed by atoms with Crippen LogP contribution in [0.5, 0.6) is 0 Å². The molecular weight excluding hydrogens is 316 g/mol. The van der Waals surface area contributed by atoms with Crippen molar-refractivity contribution in [3.8, 4) is 17.2 Å². The van der Waals surface area contributed by atoms with E-state index in [1.807, 2.05) is 29.6 Å². The van der Waals surface area contributed by atoms with Gasteiger partial charge >= 0.3 is 0 Å². The molecule has 0 unspecified atom stereocenters. The molecule has 0 aliphatic rings. The molecule has 0 aliphatic heterocycles. The molecule has 0 saturated heterocycles. The molecule has 5 heteroatoms. The Bertz CT molecular complexity index is 914. The summed E-state index contributed by atoms with van der Waals surface area (Å²) in [6, 6.07) is 14.5. The van der Waals surface area contributed by atoms with E-state index in [9.17, 15) is 0 Å². The van der Waals surface area contributed by atoms with Crippen LogP contribution in [0.1, 0.15) is 32.2 Å². The Balaban J connectivity index is 2.31. The second-order valence-electron chi connectivity index (χ2n) is 6.74. The normalized spacial score (nSPS) is 11.6. The number of rotatable bonds is 3. The largest absolute Gasteiger partial charge is 0.232 e. The van der Waals surface area contributed by atoms with Crippen molar-refractivity contribution in [2.75, 3.05) is 5.75 Å². The first-order chi connectivity index (χ1) is 11.4. The molecule has 0 amide bonds. The molecule has 0 bridgehead atoms. The summed E-state index contributed by atoms with van der Waals surface area (Å²) in [5, 5.41) is 14.6. The summed E-state index contributed by atoms with van der Waals surface area (Å²) >= 11 is 1.50. The topological polar surface area (TPSA) is 54.0 Å². The highest BCUT2D eigenvalue weighted by Gasteiger charge is 2.22. The minimum absolute atomic E-state index is 0.0736. The monoisotopic (exact) mass is 336 g/mol. The maximum absolute atomic E-state index is 8.95. The van der Waals surface area contributed by atoms with Crippen LogP contribution in [0.2, 0.25) is 0 Å². The molecule has 2 heterocycles. The molecule has 24 heavy (non-hydrogen) atoms. The highest BCUT2D eigenvalue weighted by molar-refractivity contribution is 7.99. The summed E-state index contributed by atoms with van der Waals surface area (Å²) in [7, 11) is 0. The zero-order valence-electron chi connectivity index (χ0n) is 14.4. The third-order valence-electron chi connectivity index (χ3n) is 3.85. The fourth-order valence-electron chi connectivity index (χ4n) is 2.63. The number of aryl methyl sites for hydroxylation is 1. The summed E-state index contributed by atoms with van der Waals surface area (Å²) in [5.74, 6) is 0.391. The fourth-order valence-corrected chi connectivity index (χ4v) is 3.29. The molecule has 0 fully saturated rings. The number of fused-ring (bicyclic) bond motifs is 1. The average molecular weight is 336 g/mol. The van der Waals surface area contributed by atoms with Crippen LogP contribution in [0.25, 0.3) is 16.8 Å². The smallest absolute Gasteiger partial charge is 0.164 e. The Morgan fingerprint density at radius 1 is 1.21 bits per heavy atom. The molecular formula is C19H20N4S. The molecule has 122 valence electrons. The molecule has 4 nitrogen and oxygen atoms in total. The van der Waals surface area contributed by atoms with Crippen molar-refractivity contribution in [2.24, 2.45) is 0 Å². The van der Waals surface area contributed by atoms with Gasteiger partial charge in [-0.3, -0.25) is 0 Å². The summed E-state index contributed by atoms with van der Waals surface area (Å²) in [6.45, 7) is 8.45. The van der Waals surface area contributed by atoms with E-state index in [0.29, 0.717) is 5.75 Å². The van der Waals surface area contributed by atoms with Gasteiger partial charge in [-0.1, -0.05) is 62.9 Å². The summed E-state index contributed by atoms with van der Waals surface area (Å²) in [6.07, 6.45) is 0. The quantitative estimate of drug-likeness (QED) is 0.517. The minimum atomic E-state index is -0.0736. The van der Waals surface area contributed by atoms with Crippen molar-refractivity contribution in [3.05, 3.63) is 47.8 Å². The number of nitriles is 1. The number of aromatic nitrogens is 3. The van der Waals surface area contributed by atoms with Gasteiger partial charge in [0.1, 0.15) is 5.03 Å².